The minimum atomic E-state index is -8.03. The third-order valence-corrected chi connectivity index (χ3v) is 7.54. The van der Waals surface area contributed by atoms with Gasteiger partial charge in [0.2, 0.25) is 5.91 Å². The molecule has 0 aromatic heterocycles. The molecule has 0 N–H and O–H groups in total. The molecule has 3 rings (SSSR count). The lowest BCUT2D eigenvalue weighted by Gasteiger charge is -2.45. The van der Waals surface area contributed by atoms with E-state index in [-0.39, 0.29) is 21.3 Å². The maximum atomic E-state index is 15.2. The molecule has 0 saturated carbocycles. The lowest BCUT2D eigenvalue weighted by Crippen LogP contribution is -2.70. The molecule has 1 amide bonds. The number of carbonyl (C=O) groups excluding carboxylic acids is 1. The van der Waals surface area contributed by atoms with Gasteiger partial charge in [0, 0.05) is 23.5 Å². The zero-order chi connectivity index (χ0) is 31.6. The Kier molecular flexibility index (Phi) is 7.91. The first kappa shape index (κ1) is 32.7. The van der Waals surface area contributed by atoms with E-state index in [1.54, 1.807) is 0 Å². The van der Waals surface area contributed by atoms with Crippen molar-refractivity contribution in [3.05, 3.63) is 65.7 Å². The van der Waals surface area contributed by atoms with Gasteiger partial charge in [0.15, 0.2) is 0 Å². The lowest BCUT2D eigenvalue weighted by molar-refractivity contribution is -0.440. The van der Waals surface area contributed by atoms with Crippen molar-refractivity contribution in [3.63, 3.8) is 0 Å². The number of alkyl halides is 13. The monoisotopic (exact) mass is 673 g/mol. The van der Waals surface area contributed by atoms with Crippen LogP contribution >= 0.6 is 15.9 Å². The van der Waals surface area contributed by atoms with Gasteiger partial charge in [0.25, 0.3) is 0 Å². The van der Waals surface area contributed by atoms with E-state index in [1.807, 2.05) is 0 Å². The largest absolute Gasteiger partial charge is 0.460 e. The summed E-state index contributed by atoms with van der Waals surface area (Å²) < 4.78 is 179. The van der Waals surface area contributed by atoms with Gasteiger partial charge in [-0.1, -0.05) is 48.5 Å². The molecule has 16 heteroatoms. The molecule has 0 radical (unpaired) electrons. The number of anilines is 1. The summed E-state index contributed by atoms with van der Waals surface area (Å²) in [7, 11) is 1.01. The predicted octanol–water partition coefficient (Wildman–Crippen LogP) is 9.06. The van der Waals surface area contributed by atoms with Crippen LogP contribution in [-0.2, 0) is 4.79 Å². The summed E-state index contributed by atoms with van der Waals surface area (Å²) in [6.07, 6.45) is -10.2. The van der Waals surface area contributed by atoms with Gasteiger partial charge in [-0.05, 0) is 40.1 Å². The van der Waals surface area contributed by atoms with Gasteiger partial charge >= 0.3 is 35.8 Å². The van der Waals surface area contributed by atoms with Crippen molar-refractivity contribution in [1.29, 1.82) is 0 Å². The molecule has 1 aliphatic heterocycles. The van der Waals surface area contributed by atoms with Gasteiger partial charge in [0.1, 0.15) is 0 Å². The molecular weight excluding hydrogens is 657 g/mol. The molecule has 1 atom stereocenters. The standard InChI is InChI=1S/C25H17BrF13NO/c1-19(12-20(27,28)21(29,30)22(31,32)23(33,34)24(35,36)25(37,38)39)16(17(26)13-8-4-3-5-9-13)14-10-6-7-11-15(14)40(2)18(19)41/h3-11H,12H2,1-2H3/b17-16+. The Labute approximate surface area is 231 Å². The second-order valence-corrected chi connectivity index (χ2v) is 10.2. The van der Waals surface area contributed by atoms with Crippen LogP contribution in [-0.4, -0.2) is 48.7 Å². The molecule has 0 aliphatic carbocycles. The normalized spacial score (nSPS) is 20.7. The number of nitrogens with zero attached hydrogens (tertiary/aromatic N) is 1. The molecule has 2 aromatic rings. The van der Waals surface area contributed by atoms with E-state index in [1.165, 1.54) is 54.6 Å². The van der Waals surface area contributed by atoms with Crippen molar-refractivity contribution in [2.75, 3.05) is 11.9 Å². The van der Waals surface area contributed by atoms with Crippen LogP contribution in [0.4, 0.5) is 62.8 Å². The third kappa shape index (κ3) is 4.69. The van der Waals surface area contributed by atoms with Gasteiger partial charge < -0.3 is 4.90 Å². The minimum Gasteiger partial charge on any atom is -0.314 e. The summed E-state index contributed by atoms with van der Waals surface area (Å²) in [5, 5.41) is 0. The van der Waals surface area contributed by atoms with Crippen LogP contribution < -0.4 is 4.90 Å². The van der Waals surface area contributed by atoms with Crippen molar-refractivity contribution in [2.24, 2.45) is 5.41 Å². The fourth-order valence-corrected chi connectivity index (χ4v) is 5.39. The Balaban J connectivity index is 2.26. The second-order valence-electron chi connectivity index (χ2n) is 9.44. The SMILES string of the molecule is CN1C(=O)C(C)(CC(F)(F)C(F)(F)C(F)(F)C(F)(F)C(F)(F)C(F)(F)F)/C(=C(/Br)c2ccccc2)c2ccccc21. The predicted molar refractivity (Wildman–Crippen MR) is 126 cm³/mol. The molecule has 1 aliphatic rings. The highest BCUT2D eigenvalue weighted by Gasteiger charge is 2.91. The van der Waals surface area contributed by atoms with Crippen LogP contribution in [0.3, 0.4) is 0 Å². The molecule has 0 fully saturated rings. The lowest BCUT2D eigenvalue weighted by atomic mass is 9.68. The van der Waals surface area contributed by atoms with Gasteiger partial charge in [-0.25, -0.2) is 0 Å². The summed E-state index contributed by atoms with van der Waals surface area (Å²) in [6.45, 7) is 0.603. The van der Waals surface area contributed by atoms with Crippen LogP contribution in [0.1, 0.15) is 24.5 Å². The highest BCUT2D eigenvalue weighted by atomic mass is 79.9. The summed E-state index contributed by atoms with van der Waals surface area (Å²) in [6, 6.07) is 12.5. The van der Waals surface area contributed by atoms with E-state index < -0.39 is 59.1 Å². The Morgan fingerprint density at radius 3 is 1.71 bits per heavy atom. The van der Waals surface area contributed by atoms with Gasteiger partial charge in [-0.2, -0.15) is 57.1 Å². The first-order valence-corrected chi connectivity index (χ1v) is 12.0. The molecule has 0 saturated heterocycles. The van der Waals surface area contributed by atoms with Crippen LogP contribution in [0.15, 0.2) is 54.6 Å². The molecule has 1 unspecified atom stereocenters. The summed E-state index contributed by atoms with van der Waals surface area (Å²) in [4.78, 5) is 14.1. The minimum absolute atomic E-state index is 0.0367. The number of carbonyl (C=O) groups is 1. The topological polar surface area (TPSA) is 20.3 Å². The molecule has 0 spiro atoms. The van der Waals surface area contributed by atoms with E-state index in [0.717, 1.165) is 7.05 Å². The van der Waals surface area contributed by atoms with Crippen molar-refractivity contribution in [3.8, 4) is 0 Å². The maximum absolute atomic E-state index is 15.2. The van der Waals surface area contributed by atoms with Crippen molar-refractivity contribution >= 4 is 37.6 Å². The van der Waals surface area contributed by atoms with E-state index in [9.17, 15) is 53.1 Å². The van der Waals surface area contributed by atoms with Gasteiger partial charge in [-0.3, -0.25) is 4.79 Å². The van der Waals surface area contributed by atoms with Crippen LogP contribution in [0, 0.1) is 5.41 Å². The number of amides is 1. The van der Waals surface area contributed by atoms with E-state index >= 15 is 8.78 Å². The van der Waals surface area contributed by atoms with E-state index in [4.69, 9.17) is 0 Å². The van der Waals surface area contributed by atoms with E-state index in [0.29, 0.717) is 11.8 Å². The number of halogens is 14. The first-order chi connectivity index (χ1) is 18.4. The zero-order valence-electron chi connectivity index (χ0n) is 20.6. The summed E-state index contributed by atoms with van der Waals surface area (Å²) in [5.41, 5.74) is -3.31. The fourth-order valence-electron chi connectivity index (χ4n) is 4.47. The number of para-hydroxylation sites is 1. The van der Waals surface area contributed by atoms with Crippen LogP contribution in [0.2, 0.25) is 0 Å². The smallest absolute Gasteiger partial charge is 0.314 e. The van der Waals surface area contributed by atoms with Gasteiger partial charge in [0.05, 0.1) is 11.1 Å². The number of benzene rings is 2. The Bertz CT molecular complexity index is 1350. The molecular formula is C25H17BrF13NO. The Hall–Kier alpha value is -2.78. The number of rotatable bonds is 7. The van der Waals surface area contributed by atoms with Crippen molar-refractivity contribution < 1.29 is 61.9 Å². The zero-order valence-corrected chi connectivity index (χ0v) is 22.1. The first-order valence-electron chi connectivity index (χ1n) is 11.2. The Morgan fingerprint density at radius 1 is 0.732 bits per heavy atom. The molecule has 1 heterocycles. The number of hydrogen-bond acceptors (Lipinski definition) is 1. The van der Waals surface area contributed by atoms with Crippen LogP contribution in [0.25, 0.3) is 10.1 Å². The molecule has 2 aromatic carbocycles. The number of fused-ring (bicyclic) bond motifs is 1. The molecule has 226 valence electrons. The number of hydrogen-bond donors (Lipinski definition) is 0. The molecule has 41 heavy (non-hydrogen) atoms. The van der Waals surface area contributed by atoms with E-state index in [2.05, 4.69) is 15.9 Å². The average molecular weight is 674 g/mol. The maximum Gasteiger partial charge on any atom is 0.460 e. The Morgan fingerprint density at radius 2 is 1.20 bits per heavy atom. The molecule has 0 bridgehead atoms. The van der Waals surface area contributed by atoms with Gasteiger partial charge in [-0.15, -0.1) is 0 Å². The van der Waals surface area contributed by atoms with Crippen LogP contribution in [0.5, 0.6) is 0 Å². The molecule has 2 nitrogen and oxygen atoms in total. The second kappa shape index (κ2) is 9.90. The van der Waals surface area contributed by atoms with Crippen molar-refractivity contribution in [1.82, 2.24) is 0 Å². The summed E-state index contributed by atoms with van der Waals surface area (Å²) in [5.74, 6) is -39.2. The third-order valence-electron chi connectivity index (χ3n) is 6.68. The fraction of sp³-hybridized carbons (Fsp3) is 0.400. The highest BCUT2D eigenvalue weighted by molar-refractivity contribution is 9.15. The van der Waals surface area contributed by atoms with Crippen molar-refractivity contribution in [2.45, 2.75) is 49.1 Å². The average Bonchev–Trinajstić information content (AvgIpc) is 2.86. The quantitative estimate of drug-likeness (QED) is 0.269. The highest BCUT2D eigenvalue weighted by Crippen LogP contribution is 2.63. The summed E-state index contributed by atoms with van der Waals surface area (Å²) >= 11 is 3.10.